The van der Waals surface area contributed by atoms with Gasteiger partial charge in [0.15, 0.2) is 0 Å². The monoisotopic (exact) mass is 413 g/mol. The van der Waals surface area contributed by atoms with Gasteiger partial charge in [0.05, 0.1) is 24.3 Å². The Morgan fingerprint density at radius 2 is 1.86 bits per heavy atom. The number of carbonyl (C=O) groups excluding carboxylic acids is 2. The fraction of sp³-hybridized carbons (Fsp3) is 0.304. The van der Waals surface area contributed by atoms with Crippen LogP contribution in [0.2, 0.25) is 5.02 Å². The number of hydrogen-bond acceptors (Lipinski definition) is 4. The topological polar surface area (TPSA) is 66.8 Å². The molecule has 0 aromatic heterocycles. The van der Waals surface area contributed by atoms with Crippen LogP contribution in [-0.2, 0) is 9.59 Å². The summed E-state index contributed by atoms with van der Waals surface area (Å²) in [6, 6.07) is 11.6. The number of carbonyl (C=O) groups is 2. The number of amides is 1. The zero-order valence-electron chi connectivity index (χ0n) is 16.7. The van der Waals surface area contributed by atoms with E-state index >= 15 is 0 Å². The SMILES string of the molecule is CCCCN1C(=O)C(=O)/C(=C(/O)c2cc(C)ccc2OC)C1c1ccc(Cl)cc1. The number of aliphatic hydroxyl groups excluding tert-OH is 1. The summed E-state index contributed by atoms with van der Waals surface area (Å²) in [4.78, 5) is 27.3. The first kappa shape index (κ1) is 20.9. The number of hydrogen-bond donors (Lipinski definition) is 1. The maximum atomic E-state index is 13.0. The average Bonchev–Trinajstić information content (AvgIpc) is 2.97. The van der Waals surface area contributed by atoms with Gasteiger partial charge in [0.2, 0.25) is 0 Å². The largest absolute Gasteiger partial charge is 0.507 e. The lowest BCUT2D eigenvalue weighted by atomic mass is 9.94. The molecule has 1 saturated heterocycles. The first-order valence-electron chi connectivity index (χ1n) is 9.58. The van der Waals surface area contributed by atoms with E-state index in [0.717, 1.165) is 24.0 Å². The molecule has 0 radical (unpaired) electrons. The van der Waals surface area contributed by atoms with Gasteiger partial charge in [-0.1, -0.05) is 48.7 Å². The van der Waals surface area contributed by atoms with Gasteiger partial charge in [0, 0.05) is 11.6 Å². The normalized spacial score (nSPS) is 18.3. The first-order chi connectivity index (χ1) is 13.9. The van der Waals surface area contributed by atoms with Crippen LogP contribution in [0.5, 0.6) is 5.75 Å². The van der Waals surface area contributed by atoms with Crippen molar-refractivity contribution in [1.82, 2.24) is 4.90 Å². The van der Waals surface area contributed by atoms with Crippen LogP contribution >= 0.6 is 11.6 Å². The van der Waals surface area contributed by atoms with Crippen LogP contribution in [0.25, 0.3) is 5.76 Å². The molecule has 1 fully saturated rings. The van der Waals surface area contributed by atoms with Crippen LogP contribution in [0, 0.1) is 6.92 Å². The van der Waals surface area contributed by atoms with Crippen molar-refractivity contribution in [2.45, 2.75) is 32.7 Å². The zero-order chi connectivity index (χ0) is 21.1. The molecule has 1 atom stereocenters. The maximum Gasteiger partial charge on any atom is 0.295 e. The van der Waals surface area contributed by atoms with E-state index in [1.54, 1.807) is 36.4 Å². The highest BCUT2D eigenvalue weighted by Crippen LogP contribution is 2.41. The molecule has 0 saturated carbocycles. The second kappa shape index (κ2) is 8.70. The average molecular weight is 414 g/mol. The van der Waals surface area contributed by atoms with Crippen molar-refractivity contribution in [3.8, 4) is 5.75 Å². The second-order valence-electron chi connectivity index (χ2n) is 7.10. The molecule has 2 aromatic carbocycles. The van der Waals surface area contributed by atoms with Gasteiger partial charge < -0.3 is 14.7 Å². The number of ether oxygens (including phenoxy) is 1. The third kappa shape index (κ3) is 4.01. The number of aryl methyl sites for hydroxylation is 1. The van der Waals surface area contributed by atoms with E-state index in [4.69, 9.17) is 16.3 Å². The molecule has 3 rings (SSSR count). The highest BCUT2D eigenvalue weighted by molar-refractivity contribution is 6.46. The molecule has 5 nitrogen and oxygen atoms in total. The van der Waals surface area contributed by atoms with Gasteiger partial charge in [0.25, 0.3) is 11.7 Å². The fourth-order valence-electron chi connectivity index (χ4n) is 3.58. The van der Waals surface area contributed by atoms with Crippen LogP contribution in [-0.4, -0.2) is 35.4 Å². The second-order valence-corrected chi connectivity index (χ2v) is 7.54. The Bertz CT molecular complexity index is 965. The number of nitrogens with zero attached hydrogens (tertiary/aromatic N) is 1. The van der Waals surface area contributed by atoms with E-state index in [9.17, 15) is 14.7 Å². The number of unbranched alkanes of at least 4 members (excludes halogenated alkanes) is 1. The van der Waals surface area contributed by atoms with Gasteiger partial charge in [-0.15, -0.1) is 0 Å². The Labute approximate surface area is 175 Å². The molecule has 1 aliphatic heterocycles. The molecular weight excluding hydrogens is 390 g/mol. The van der Waals surface area contributed by atoms with Crippen LogP contribution in [0.1, 0.15) is 42.5 Å². The summed E-state index contributed by atoms with van der Waals surface area (Å²) in [6.45, 7) is 4.33. The van der Waals surface area contributed by atoms with Crippen molar-refractivity contribution in [1.29, 1.82) is 0 Å². The first-order valence-corrected chi connectivity index (χ1v) is 9.95. The molecule has 1 heterocycles. The van der Waals surface area contributed by atoms with E-state index in [0.29, 0.717) is 22.9 Å². The molecule has 0 bridgehead atoms. The van der Waals surface area contributed by atoms with Gasteiger partial charge in [-0.2, -0.15) is 0 Å². The standard InChI is InChI=1S/C23H24ClNO4/c1-4-5-12-25-20(15-7-9-16(24)10-8-15)19(22(27)23(25)28)21(26)17-13-14(2)6-11-18(17)29-3/h6-11,13,20,26H,4-5,12H2,1-3H3/b21-19+. The number of rotatable bonds is 6. The van der Waals surface area contributed by atoms with Gasteiger partial charge in [-0.05, 0) is 43.2 Å². The number of halogens is 1. The Hall–Kier alpha value is -2.79. The Morgan fingerprint density at radius 3 is 2.48 bits per heavy atom. The van der Waals surface area contributed by atoms with Crippen molar-refractivity contribution < 1.29 is 19.4 Å². The lowest BCUT2D eigenvalue weighted by Gasteiger charge is -2.25. The summed E-state index contributed by atoms with van der Waals surface area (Å²) >= 11 is 6.02. The summed E-state index contributed by atoms with van der Waals surface area (Å²) in [6.07, 6.45) is 1.63. The van der Waals surface area contributed by atoms with E-state index in [1.807, 2.05) is 19.9 Å². The van der Waals surface area contributed by atoms with Crippen LogP contribution in [0.15, 0.2) is 48.0 Å². The van der Waals surface area contributed by atoms with Crippen molar-refractivity contribution in [3.05, 3.63) is 69.8 Å². The van der Waals surface area contributed by atoms with Crippen molar-refractivity contribution in [3.63, 3.8) is 0 Å². The van der Waals surface area contributed by atoms with E-state index < -0.39 is 17.7 Å². The fourth-order valence-corrected chi connectivity index (χ4v) is 3.71. The number of benzene rings is 2. The number of aliphatic hydroxyl groups is 1. The van der Waals surface area contributed by atoms with Crippen LogP contribution < -0.4 is 4.74 Å². The third-order valence-corrected chi connectivity index (χ3v) is 5.34. The van der Waals surface area contributed by atoms with Gasteiger partial charge >= 0.3 is 0 Å². The smallest absolute Gasteiger partial charge is 0.295 e. The molecule has 29 heavy (non-hydrogen) atoms. The van der Waals surface area contributed by atoms with E-state index in [2.05, 4.69) is 0 Å². The summed E-state index contributed by atoms with van der Waals surface area (Å²) in [5.41, 5.74) is 2.07. The minimum Gasteiger partial charge on any atom is -0.507 e. The molecule has 0 aliphatic carbocycles. The number of methoxy groups -OCH3 is 1. The van der Waals surface area contributed by atoms with Crippen LogP contribution in [0.3, 0.4) is 0 Å². The van der Waals surface area contributed by atoms with Crippen molar-refractivity contribution >= 4 is 29.1 Å². The number of likely N-dealkylation sites (tertiary alicyclic amines) is 1. The highest BCUT2D eigenvalue weighted by atomic mass is 35.5. The predicted octanol–water partition coefficient (Wildman–Crippen LogP) is 4.88. The third-order valence-electron chi connectivity index (χ3n) is 5.09. The minimum absolute atomic E-state index is 0.0670. The molecule has 6 heteroatoms. The molecule has 1 unspecified atom stereocenters. The summed E-state index contributed by atoms with van der Waals surface area (Å²) in [5, 5.41) is 11.7. The summed E-state index contributed by atoms with van der Waals surface area (Å²) in [5.74, 6) is -1.10. The predicted molar refractivity (Wildman–Crippen MR) is 113 cm³/mol. The van der Waals surface area contributed by atoms with Crippen molar-refractivity contribution in [2.75, 3.05) is 13.7 Å². The molecule has 152 valence electrons. The highest BCUT2D eigenvalue weighted by Gasteiger charge is 2.46. The Morgan fingerprint density at radius 1 is 1.17 bits per heavy atom. The van der Waals surface area contributed by atoms with E-state index in [-0.39, 0.29) is 11.3 Å². The minimum atomic E-state index is -0.692. The number of ketones is 1. The van der Waals surface area contributed by atoms with Gasteiger partial charge in [-0.3, -0.25) is 9.59 Å². The van der Waals surface area contributed by atoms with Gasteiger partial charge in [-0.25, -0.2) is 0 Å². The van der Waals surface area contributed by atoms with Crippen LogP contribution in [0.4, 0.5) is 0 Å². The quantitative estimate of drug-likeness (QED) is 0.416. The number of Topliss-reactive ketones (excluding diaryl/α,β-unsaturated/α-hetero) is 1. The summed E-state index contributed by atoms with van der Waals surface area (Å²) in [7, 11) is 1.50. The van der Waals surface area contributed by atoms with Crippen molar-refractivity contribution in [2.24, 2.45) is 0 Å². The lowest BCUT2D eigenvalue weighted by molar-refractivity contribution is -0.139. The molecule has 1 aliphatic rings. The summed E-state index contributed by atoms with van der Waals surface area (Å²) < 4.78 is 5.37. The molecule has 2 aromatic rings. The molecule has 1 N–H and O–H groups in total. The molecule has 1 amide bonds. The Kier molecular flexibility index (Phi) is 6.28. The maximum absolute atomic E-state index is 13.0. The molecule has 0 spiro atoms. The van der Waals surface area contributed by atoms with Gasteiger partial charge in [0.1, 0.15) is 11.5 Å². The van der Waals surface area contributed by atoms with E-state index in [1.165, 1.54) is 12.0 Å². The lowest BCUT2D eigenvalue weighted by Crippen LogP contribution is -2.30. The Balaban J connectivity index is 2.22. The zero-order valence-corrected chi connectivity index (χ0v) is 17.5. The molecular formula is C23H24ClNO4.